The lowest BCUT2D eigenvalue weighted by Crippen LogP contribution is -2.42. The standard InChI is InChI=1S/C47H51F2N9O5S/c1-27-20-33(21-28(2)41(27)48)58-43(56-18-17-55(45(56)60)38-11-10-37-34(42(38)49)25-50-53(37)6)40-29(3)54(16-12-35(40)52-58)44(59)39-23-32-22-30(31-13-19-63-46(4,5)24-31)8-9-36(32)57(39)47(14-15-47)26-51-64(7,61)62/h8-11,17-18,20-23,25,29,31,51H,12-16,19,24,26H2,1-7H3/t29-,31?/m0/s1. The van der Waals surface area contributed by atoms with Crippen molar-refractivity contribution < 1.29 is 26.7 Å². The molecule has 14 nitrogen and oxygen atoms in total. The smallest absolute Gasteiger partial charge is 0.338 e. The Hall–Kier alpha value is -5.91. The van der Waals surface area contributed by atoms with Crippen molar-refractivity contribution in [1.82, 2.24) is 42.9 Å². The van der Waals surface area contributed by atoms with Crippen LogP contribution in [0.25, 0.3) is 39.0 Å². The van der Waals surface area contributed by atoms with Crippen LogP contribution in [-0.4, -0.2) is 84.0 Å². The summed E-state index contributed by atoms with van der Waals surface area (Å²) in [5, 5.41) is 10.4. The molecule has 1 N–H and O–H groups in total. The van der Waals surface area contributed by atoms with E-state index in [2.05, 4.69) is 41.9 Å². The van der Waals surface area contributed by atoms with Gasteiger partial charge in [-0.05, 0) is 125 Å². The summed E-state index contributed by atoms with van der Waals surface area (Å²) in [7, 11) is -1.82. The van der Waals surface area contributed by atoms with E-state index < -0.39 is 33.1 Å². The van der Waals surface area contributed by atoms with Crippen molar-refractivity contribution in [3.05, 3.63) is 123 Å². The van der Waals surface area contributed by atoms with E-state index in [1.807, 2.05) is 17.6 Å². The second-order valence-corrected chi connectivity index (χ2v) is 20.5. The van der Waals surface area contributed by atoms with Gasteiger partial charge in [0.15, 0.2) is 5.82 Å². The van der Waals surface area contributed by atoms with Crippen molar-refractivity contribution in [2.75, 3.05) is 26.0 Å². The van der Waals surface area contributed by atoms with Crippen molar-refractivity contribution in [3.63, 3.8) is 0 Å². The van der Waals surface area contributed by atoms with Gasteiger partial charge in [0.2, 0.25) is 10.0 Å². The molecule has 0 spiro atoms. The molecule has 4 aromatic heterocycles. The number of nitrogens with one attached hydrogen (secondary N) is 1. The molecule has 64 heavy (non-hydrogen) atoms. The van der Waals surface area contributed by atoms with Crippen LogP contribution in [0.15, 0.2) is 71.9 Å². The summed E-state index contributed by atoms with van der Waals surface area (Å²) >= 11 is 0. The third-order valence-corrected chi connectivity index (χ3v) is 14.3. The zero-order valence-electron chi connectivity index (χ0n) is 36.9. The van der Waals surface area contributed by atoms with Gasteiger partial charge >= 0.3 is 5.69 Å². The Labute approximate surface area is 369 Å². The molecule has 334 valence electrons. The number of rotatable bonds is 9. The molecule has 1 amide bonds. The first-order valence-corrected chi connectivity index (χ1v) is 23.6. The zero-order valence-corrected chi connectivity index (χ0v) is 37.8. The molecule has 10 rings (SSSR count). The summed E-state index contributed by atoms with van der Waals surface area (Å²) in [6.45, 7) is 10.5. The van der Waals surface area contributed by atoms with Gasteiger partial charge in [-0.25, -0.2) is 31.4 Å². The number of halogens is 2. The second kappa shape index (κ2) is 14.8. The number of sulfonamides is 1. The number of benzene rings is 3. The third kappa shape index (κ3) is 6.90. The Morgan fingerprint density at radius 1 is 0.984 bits per heavy atom. The maximum absolute atomic E-state index is 16.1. The Balaban J connectivity index is 1.10. The molecule has 2 aliphatic heterocycles. The van der Waals surface area contributed by atoms with E-state index in [1.165, 1.54) is 27.6 Å². The van der Waals surface area contributed by atoms with Crippen LogP contribution in [0.3, 0.4) is 0 Å². The summed E-state index contributed by atoms with van der Waals surface area (Å²) < 4.78 is 72.7. The lowest BCUT2D eigenvalue weighted by atomic mass is 9.83. The van der Waals surface area contributed by atoms with Gasteiger partial charge in [-0.1, -0.05) is 6.07 Å². The minimum absolute atomic E-state index is 0.0402. The van der Waals surface area contributed by atoms with Gasteiger partial charge in [0.25, 0.3) is 5.91 Å². The van der Waals surface area contributed by atoms with Gasteiger partial charge in [-0.15, -0.1) is 0 Å². The molecule has 0 radical (unpaired) electrons. The number of fused-ring (bicyclic) bond motifs is 3. The number of ether oxygens (including phenoxy) is 1. The largest absolute Gasteiger partial charge is 0.376 e. The van der Waals surface area contributed by atoms with E-state index in [0.717, 1.165) is 35.6 Å². The first kappa shape index (κ1) is 42.1. The molecule has 6 heterocycles. The Morgan fingerprint density at radius 2 is 1.70 bits per heavy atom. The summed E-state index contributed by atoms with van der Waals surface area (Å²) in [5.74, 6) is -0.587. The molecule has 3 aliphatic rings. The number of nitrogens with zero attached hydrogens (tertiary/aromatic N) is 8. The average molecular weight is 892 g/mol. The molecule has 3 aromatic carbocycles. The van der Waals surface area contributed by atoms with Crippen LogP contribution in [0.1, 0.15) is 96.9 Å². The molecule has 1 saturated heterocycles. The highest BCUT2D eigenvalue weighted by Crippen LogP contribution is 2.48. The zero-order chi connectivity index (χ0) is 45.2. The van der Waals surface area contributed by atoms with Crippen LogP contribution in [-0.2, 0) is 33.8 Å². The van der Waals surface area contributed by atoms with Gasteiger partial charge in [0.1, 0.15) is 17.3 Å². The number of aryl methyl sites for hydroxylation is 3. The lowest BCUT2D eigenvalue weighted by Gasteiger charge is -2.35. The minimum Gasteiger partial charge on any atom is -0.376 e. The van der Waals surface area contributed by atoms with Crippen LogP contribution >= 0.6 is 0 Å². The van der Waals surface area contributed by atoms with Crippen LogP contribution in [0.5, 0.6) is 0 Å². The molecule has 1 aliphatic carbocycles. The van der Waals surface area contributed by atoms with Crippen molar-refractivity contribution in [3.8, 4) is 17.2 Å². The molecular weight excluding hydrogens is 841 g/mol. The highest BCUT2D eigenvalue weighted by Gasteiger charge is 2.48. The first-order chi connectivity index (χ1) is 30.3. The van der Waals surface area contributed by atoms with E-state index in [0.29, 0.717) is 77.5 Å². The topological polar surface area (TPSA) is 143 Å². The lowest BCUT2D eigenvalue weighted by molar-refractivity contribution is -0.0592. The number of amides is 1. The molecule has 0 bridgehead atoms. The van der Waals surface area contributed by atoms with Crippen molar-refractivity contribution in [2.45, 2.75) is 89.8 Å². The van der Waals surface area contributed by atoms with E-state index in [1.54, 1.807) is 59.6 Å². The van der Waals surface area contributed by atoms with E-state index in [-0.39, 0.29) is 40.9 Å². The molecule has 7 aromatic rings. The fourth-order valence-electron chi connectivity index (χ4n) is 10.2. The average Bonchev–Trinajstić information content (AvgIpc) is 3.50. The van der Waals surface area contributed by atoms with E-state index in [9.17, 15) is 13.2 Å². The monoisotopic (exact) mass is 891 g/mol. The van der Waals surface area contributed by atoms with Crippen LogP contribution in [0.2, 0.25) is 0 Å². The highest BCUT2D eigenvalue weighted by atomic mass is 32.2. The molecule has 1 saturated carbocycles. The highest BCUT2D eigenvalue weighted by molar-refractivity contribution is 7.88. The van der Waals surface area contributed by atoms with Crippen LogP contribution in [0, 0.1) is 25.5 Å². The van der Waals surface area contributed by atoms with Gasteiger partial charge in [-0.2, -0.15) is 10.2 Å². The molecular formula is C47H51F2N9O5S. The predicted octanol–water partition coefficient (Wildman–Crippen LogP) is 7.02. The Bertz CT molecular complexity index is 3220. The molecule has 2 fully saturated rings. The fraction of sp³-hybridized carbons (Fsp3) is 0.404. The van der Waals surface area contributed by atoms with Crippen LogP contribution < -0.4 is 10.4 Å². The SMILES string of the molecule is Cc1cc(-n2nc3c(c2-n2ccn(-c4ccc5c(cnn5C)c4F)c2=O)[C@H](C)N(C(=O)c2cc4cc(C5CCOC(C)(C)C5)ccc4n2C2(CNS(C)(=O)=O)CC2)CC3)cc(C)c1F. The number of hydrogen-bond acceptors (Lipinski definition) is 7. The molecule has 17 heteroatoms. The van der Waals surface area contributed by atoms with Gasteiger partial charge in [0, 0.05) is 62.0 Å². The normalized spacial score (nSPS) is 19.4. The third-order valence-electron chi connectivity index (χ3n) is 13.7. The van der Waals surface area contributed by atoms with Crippen molar-refractivity contribution in [1.29, 1.82) is 0 Å². The van der Waals surface area contributed by atoms with Gasteiger partial charge in [-0.3, -0.25) is 18.6 Å². The number of imidazole rings is 1. The van der Waals surface area contributed by atoms with E-state index >= 15 is 13.6 Å². The Morgan fingerprint density at radius 3 is 2.41 bits per heavy atom. The number of carbonyl (C=O) groups excluding carboxylic acids is 1. The summed E-state index contributed by atoms with van der Waals surface area (Å²) in [5.41, 5.74) is 4.16. The Kier molecular flexibility index (Phi) is 9.74. The fourth-order valence-corrected chi connectivity index (χ4v) is 10.7. The minimum atomic E-state index is -3.54. The van der Waals surface area contributed by atoms with E-state index in [4.69, 9.17) is 9.84 Å². The van der Waals surface area contributed by atoms with Crippen molar-refractivity contribution >= 4 is 37.7 Å². The first-order valence-electron chi connectivity index (χ1n) is 21.7. The van der Waals surface area contributed by atoms with Crippen molar-refractivity contribution in [2.24, 2.45) is 7.05 Å². The number of hydrogen-bond donors (Lipinski definition) is 1. The summed E-state index contributed by atoms with van der Waals surface area (Å²) in [6, 6.07) is 14.2. The second-order valence-electron chi connectivity index (χ2n) is 18.6. The summed E-state index contributed by atoms with van der Waals surface area (Å²) in [4.78, 5) is 31.8. The molecule has 1 unspecified atom stereocenters. The van der Waals surface area contributed by atoms with Gasteiger partial charge < -0.3 is 14.2 Å². The number of aromatic nitrogens is 7. The summed E-state index contributed by atoms with van der Waals surface area (Å²) in [6.07, 6.45) is 9.05. The van der Waals surface area contributed by atoms with Crippen LogP contribution in [0.4, 0.5) is 8.78 Å². The predicted molar refractivity (Wildman–Crippen MR) is 239 cm³/mol. The maximum Gasteiger partial charge on any atom is 0.338 e. The maximum atomic E-state index is 16.1. The number of carbonyl (C=O) groups is 1. The molecule has 2 atom stereocenters. The quantitative estimate of drug-likeness (QED) is 0.164. The van der Waals surface area contributed by atoms with Gasteiger partial charge in [0.05, 0.1) is 57.6 Å².